The molecule has 0 unspecified atom stereocenters. The molecule has 0 spiro atoms. The summed E-state index contributed by atoms with van der Waals surface area (Å²) in [5, 5.41) is 7.43. The van der Waals surface area contributed by atoms with Gasteiger partial charge in [0.25, 0.3) is 5.56 Å². The second kappa shape index (κ2) is 7.72. The first-order valence-electron chi connectivity index (χ1n) is 7.35. The summed E-state index contributed by atoms with van der Waals surface area (Å²) in [6.07, 6.45) is 0.472. The van der Waals surface area contributed by atoms with Crippen molar-refractivity contribution in [2.75, 3.05) is 7.11 Å². The molecule has 0 amide bonds. The van der Waals surface area contributed by atoms with Crippen LogP contribution in [0.4, 0.5) is 0 Å². The molecule has 2 aromatic carbocycles. The largest absolute Gasteiger partial charge is 0.496 e. The molecular formula is C18H13Br2ClN2O2. The average Bonchev–Trinajstić information content (AvgIpc) is 2.60. The van der Waals surface area contributed by atoms with Crippen molar-refractivity contribution in [1.29, 1.82) is 0 Å². The Kier molecular flexibility index (Phi) is 5.61. The van der Waals surface area contributed by atoms with Gasteiger partial charge in [0.1, 0.15) is 5.75 Å². The number of hydrogen-bond acceptors (Lipinski definition) is 3. The minimum atomic E-state index is -0.306. The Labute approximate surface area is 166 Å². The number of nitrogens with one attached hydrogen (secondary N) is 1. The Morgan fingerprint density at radius 1 is 1.20 bits per heavy atom. The summed E-state index contributed by atoms with van der Waals surface area (Å²) in [6.45, 7) is 0. The number of H-pyrrole nitrogens is 1. The lowest BCUT2D eigenvalue weighted by Gasteiger charge is -2.14. The van der Waals surface area contributed by atoms with Crippen molar-refractivity contribution in [1.82, 2.24) is 10.2 Å². The Balaban J connectivity index is 2.23. The Bertz CT molecular complexity index is 989. The molecule has 3 aromatic rings. The lowest BCUT2D eigenvalue weighted by molar-refractivity contribution is 0.416. The number of methoxy groups -OCH3 is 1. The monoisotopic (exact) mass is 482 g/mol. The fraction of sp³-hybridized carbons (Fsp3) is 0.111. The van der Waals surface area contributed by atoms with Crippen LogP contribution >= 0.6 is 43.5 Å². The summed E-state index contributed by atoms with van der Waals surface area (Å²) < 4.78 is 6.75. The van der Waals surface area contributed by atoms with Gasteiger partial charge in [0.15, 0.2) is 0 Å². The number of benzene rings is 2. The van der Waals surface area contributed by atoms with Gasteiger partial charge in [-0.15, -0.1) is 0 Å². The van der Waals surface area contributed by atoms with Gasteiger partial charge in [-0.2, -0.15) is 5.10 Å². The molecule has 0 fully saturated rings. The van der Waals surface area contributed by atoms with Gasteiger partial charge in [-0.05, 0) is 45.8 Å². The predicted molar refractivity (Wildman–Crippen MR) is 107 cm³/mol. The first kappa shape index (κ1) is 18.2. The molecule has 0 radical (unpaired) electrons. The van der Waals surface area contributed by atoms with E-state index in [-0.39, 0.29) is 5.56 Å². The average molecular weight is 485 g/mol. The van der Waals surface area contributed by atoms with Crippen LogP contribution < -0.4 is 10.3 Å². The molecule has 25 heavy (non-hydrogen) atoms. The first-order valence-corrected chi connectivity index (χ1v) is 9.32. The molecule has 1 aromatic heterocycles. The highest BCUT2D eigenvalue weighted by Crippen LogP contribution is 2.38. The molecule has 0 saturated carbocycles. The van der Waals surface area contributed by atoms with E-state index < -0.39 is 0 Å². The zero-order valence-electron chi connectivity index (χ0n) is 13.1. The van der Waals surface area contributed by atoms with Gasteiger partial charge in [0.05, 0.1) is 17.3 Å². The van der Waals surface area contributed by atoms with Crippen molar-refractivity contribution in [3.8, 4) is 16.9 Å². The number of aromatic nitrogens is 2. The molecule has 0 aliphatic heterocycles. The number of halogens is 3. The number of ether oxygens (including phenoxy) is 1. The van der Waals surface area contributed by atoms with E-state index in [4.69, 9.17) is 16.3 Å². The minimum absolute atomic E-state index is 0.306. The maximum Gasteiger partial charge on any atom is 0.279 e. The second-order valence-electron chi connectivity index (χ2n) is 5.30. The summed E-state index contributed by atoms with van der Waals surface area (Å²) in [5.41, 5.74) is 2.76. The van der Waals surface area contributed by atoms with Crippen molar-refractivity contribution in [2.45, 2.75) is 6.42 Å². The zero-order valence-corrected chi connectivity index (χ0v) is 17.1. The summed E-state index contributed by atoms with van der Waals surface area (Å²) in [6, 6.07) is 13.2. The van der Waals surface area contributed by atoms with Crippen molar-refractivity contribution in [2.24, 2.45) is 0 Å². The van der Waals surface area contributed by atoms with E-state index in [0.29, 0.717) is 32.9 Å². The Morgan fingerprint density at radius 3 is 2.68 bits per heavy atom. The van der Waals surface area contributed by atoms with Crippen LogP contribution in [0.5, 0.6) is 5.75 Å². The highest BCUT2D eigenvalue weighted by atomic mass is 79.9. The maximum atomic E-state index is 12.1. The number of nitrogens with zero attached hydrogens (tertiary/aromatic N) is 1. The van der Waals surface area contributed by atoms with E-state index in [1.807, 2.05) is 42.5 Å². The third-order valence-electron chi connectivity index (χ3n) is 3.75. The van der Waals surface area contributed by atoms with E-state index in [2.05, 4.69) is 42.1 Å². The summed E-state index contributed by atoms with van der Waals surface area (Å²) in [7, 11) is 1.59. The van der Waals surface area contributed by atoms with Crippen LogP contribution in [0.1, 0.15) is 11.3 Å². The highest BCUT2D eigenvalue weighted by molar-refractivity contribution is 9.10. The van der Waals surface area contributed by atoms with Crippen LogP contribution in [0.25, 0.3) is 11.1 Å². The molecule has 0 saturated heterocycles. The van der Waals surface area contributed by atoms with Crippen molar-refractivity contribution >= 4 is 43.5 Å². The SMILES string of the molecule is COc1ccc(Br)cc1-c1c(Cc2ccccc2Cl)n[nH]c(=O)c1Br. The van der Waals surface area contributed by atoms with E-state index >= 15 is 0 Å². The van der Waals surface area contributed by atoms with Crippen LogP contribution in [0, 0.1) is 0 Å². The van der Waals surface area contributed by atoms with Gasteiger partial charge in [-0.3, -0.25) is 4.79 Å². The number of rotatable bonds is 4. The standard InChI is InChI=1S/C18H13Br2ClN2O2/c1-25-15-7-6-11(19)9-12(15)16-14(22-23-18(24)17(16)20)8-10-4-2-3-5-13(10)21/h2-7,9H,8H2,1H3,(H,23,24). The van der Waals surface area contributed by atoms with E-state index in [9.17, 15) is 4.79 Å². The van der Waals surface area contributed by atoms with Crippen molar-refractivity contribution in [3.63, 3.8) is 0 Å². The molecular weight excluding hydrogens is 471 g/mol. The number of hydrogen-bond donors (Lipinski definition) is 1. The van der Waals surface area contributed by atoms with Crippen LogP contribution in [0.15, 0.2) is 56.2 Å². The van der Waals surface area contributed by atoms with E-state index in [1.54, 1.807) is 7.11 Å². The molecule has 3 rings (SSSR count). The van der Waals surface area contributed by atoms with Crippen LogP contribution in [-0.4, -0.2) is 17.3 Å². The van der Waals surface area contributed by atoms with Gasteiger partial charge < -0.3 is 4.74 Å². The van der Waals surface area contributed by atoms with Gasteiger partial charge >= 0.3 is 0 Å². The van der Waals surface area contributed by atoms with Crippen molar-refractivity contribution < 1.29 is 4.74 Å². The molecule has 7 heteroatoms. The minimum Gasteiger partial charge on any atom is -0.496 e. The maximum absolute atomic E-state index is 12.1. The lowest BCUT2D eigenvalue weighted by Crippen LogP contribution is -2.14. The third kappa shape index (κ3) is 3.81. The molecule has 4 nitrogen and oxygen atoms in total. The van der Waals surface area contributed by atoms with Gasteiger partial charge in [-0.25, -0.2) is 5.10 Å². The Hall–Kier alpha value is -1.63. The summed E-state index contributed by atoms with van der Waals surface area (Å²) in [4.78, 5) is 12.1. The van der Waals surface area contributed by atoms with Crippen LogP contribution in [0.2, 0.25) is 5.02 Å². The number of aromatic amines is 1. The predicted octanol–water partition coefficient (Wildman–Crippen LogP) is 5.21. The topological polar surface area (TPSA) is 55.0 Å². The summed E-state index contributed by atoms with van der Waals surface area (Å²) in [5.74, 6) is 0.650. The molecule has 0 aliphatic carbocycles. The quantitative estimate of drug-likeness (QED) is 0.553. The van der Waals surface area contributed by atoms with E-state index in [0.717, 1.165) is 15.6 Å². The molecule has 0 bridgehead atoms. The lowest BCUT2D eigenvalue weighted by atomic mass is 9.99. The second-order valence-corrected chi connectivity index (χ2v) is 7.42. The van der Waals surface area contributed by atoms with Gasteiger partial charge in [0, 0.05) is 27.0 Å². The van der Waals surface area contributed by atoms with Gasteiger partial charge in [0.2, 0.25) is 0 Å². The molecule has 128 valence electrons. The normalized spacial score (nSPS) is 10.7. The van der Waals surface area contributed by atoms with E-state index in [1.165, 1.54) is 0 Å². The zero-order chi connectivity index (χ0) is 18.0. The summed E-state index contributed by atoms with van der Waals surface area (Å²) >= 11 is 13.2. The molecule has 1 heterocycles. The van der Waals surface area contributed by atoms with Gasteiger partial charge in [-0.1, -0.05) is 45.7 Å². The smallest absolute Gasteiger partial charge is 0.279 e. The third-order valence-corrected chi connectivity index (χ3v) is 5.37. The molecule has 0 aliphatic rings. The van der Waals surface area contributed by atoms with Crippen molar-refractivity contribution in [3.05, 3.63) is 78.0 Å². The molecule has 1 N–H and O–H groups in total. The Morgan fingerprint density at radius 2 is 1.96 bits per heavy atom. The van der Waals surface area contributed by atoms with Crippen LogP contribution in [-0.2, 0) is 6.42 Å². The molecule has 0 atom stereocenters. The highest BCUT2D eigenvalue weighted by Gasteiger charge is 2.19. The van der Waals surface area contributed by atoms with Crippen LogP contribution in [0.3, 0.4) is 0 Å². The fourth-order valence-electron chi connectivity index (χ4n) is 2.56. The fourth-order valence-corrected chi connectivity index (χ4v) is 3.66. The first-order chi connectivity index (χ1) is 12.0.